The van der Waals surface area contributed by atoms with Crippen LogP contribution >= 0.6 is 0 Å². The Bertz CT molecular complexity index is 1030. The first-order valence-electron chi connectivity index (χ1n) is 11.0. The summed E-state index contributed by atoms with van der Waals surface area (Å²) >= 11 is 0. The van der Waals surface area contributed by atoms with Gasteiger partial charge in [0, 0.05) is 12.5 Å². The molecule has 2 amide bonds. The quantitative estimate of drug-likeness (QED) is 0.766. The van der Waals surface area contributed by atoms with E-state index >= 15 is 0 Å². The predicted molar refractivity (Wildman–Crippen MR) is 118 cm³/mol. The zero-order valence-corrected chi connectivity index (χ0v) is 18.9. The summed E-state index contributed by atoms with van der Waals surface area (Å²) in [5.74, 6) is -1.47. The number of benzene rings is 2. The molecule has 1 fully saturated rings. The van der Waals surface area contributed by atoms with E-state index in [0.717, 1.165) is 27.2 Å². The summed E-state index contributed by atoms with van der Waals surface area (Å²) in [6.07, 6.45) is -1.40. The fourth-order valence-electron chi connectivity index (χ4n) is 4.49. The van der Waals surface area contributed by atoms with Gasteiger partial charge in [-0.1, -0.05) is 48.5 Å². The number of carbonyl (C=O) groups excluding carboxylic acids is 3. The van der Waals surface area contributed by atoms with Gasteiger partial charge in [0.05, 0.1) is 18.1 Å². The topological polar surface area (TPSA) is 108 Å². The SMILES string of the molecule is CC(C)(C)OC(=O)N1C[C@@H](NC(=O)OCC2c3ccccc3-c3ccccc32)C[C@H]1C(=O)[O-]. The first kappa shape index (κ1) is 22.6. The van der Waals surface area contributed by atoms with E-state index in [0.29, 0.717) is 0 Å². The summed E-state index contributed by atoms with van der Waals surface area (Å²) in [4.78, 5) is 37.6. The van der Waals surface area contributed by atoms with Crippen molar-refractivity contribution in [2.24, 2.45) is 0 Å². The number of alkyl carbamates (subject to hydrolysis) is 1. The number of amides is 2. The molecule has 2 atom stereocenters. The van der Waals surface area contributed by atoms with Crippen LogP contribution in [0.1, 0.15) is 44.2 Å². The molecule has 8 nitrogen and oxygen atoms in total. The minimum atomic E-state index is -1.39. The lowest BCUT2D eigenvalue weighted by Gasteiger charge is -2.28. The lowest BCUT2D eigenvalue weighted by Crippen LogP contribution is -2.48. The molecule has 8 heteroatoms. The highest BCUT2D eigenvalue weighted by molar-refractivity contribution is 5.81. The van der Waals surface area contributed by atoms with Crippen molar-refractivity contribution < 1.29 is 29.0 Å². The van der Waals surface area contributed by atoms with Gasteiger partial charge in [0.15, 0.2) is 0 Å². The number of carboxylic acids is 1. The van der Waals surface area contributed by atoms with Crippen molar-refractivity contribution in [2.45, 2.75) is 50.8 Å². The average molecular weight is 451 g/mol. The van der Waals surface area contributed by atoms with Crippen molar-refractivity contribution in [3.8, 4) is 11.1 Å². The third-order valence-corrected chi connectivity index (χ3v) is 5.87. The fourth-order valence-corrected chi connectivity index (χ4v) is 4.49. The maximum atomic E-state index is 12.5. The van der Waals surface area contributed by atoms with E-state index in [4.69, 9.17) is 9.47 Å². The Morgan fingerprint density at radius 2 is 1.61 bits per heavy atom. The summed E-state index contributed by atoms with van der Waals surface area (Å²) in [5, 5.41) is 14.2. The molecule has 1 N–H and O–H groups in total. The molecule has 1 saturated heterocycles. The molecule has 1 aliphatic heterocycles. The van der Waals surface area contributed by atoms with Crippen LogP contribution < -0.4 is 10.4 Å². The number of carboxylic acid groups (broad SMARTS) is 1. The molecular formula is C25H27N2O6-. The number of nitrogens with one attached hydrogen (secondary N) is 1. The van der Waals surface area contributed by atoms with Gasteiger partial charge in [0.25, 0.3) is 0 Å². The Labute approximate surface area is 192 Å². The van der Waals surface area contributed by atoms with Crippen LogP contribution in [-0.4, -0.2) is 53.9 Å². The number of carbonyl (C=O) groups is 3. The number of rotatable bonds is 4. The molecule has 174 valence electrons. The number of hydrogen-bond acceptors (Lipinski definition) is 6. The smallest absolute Gasteiger partial charge is 0.410 e. The maximum Gasteiger partial charge on any atom is 0.410 e. The number of hydrogen-bond donors (Lipinski definition) is 1. The number of fused-ring (bicyclic) bond motifs is 3. The lowest BCUT2D eigenvalue weighted by atomic mass is 9.98. The van der Waals surface area contributed by atoms with Crippen LogP contribution in [0.2, 0.25) is 0 Å². The highest BCUT2D eigenvalue weighted by atomic mass is 16.6. The van der Waals surface area contributed by atoms with Crippen molar-refractivity contribution in [3.63, 3.8) is 0 Å². The van der Waals surface area contributed by atoms with Gasteiger partial charge in [-0.2, -0.15) is 0 Å². The highest BCUT2D eigenvalue weighted by Gasteiger charge is 2.39. The summed E-state index contributed by atoms with van der Waals surface area (Å²) < 4.78 is 10.8. The monoisotopic (exact) mass is 451 g/mol. The van der Waals surface area contributed by atoms with Gasteiger partial charge in [-0.25, -0.2) is 9.59 Å². The summed E-state index contributed by atoms with van der Waals surface area (Å²) in [6.45, 7) is 5.23. The number of ether oxygens (including phenoxy) is 2. The van der Waals surface area contributed by atoms with Crippen molar-refractivity contribution in [2.75, 3.05) is 13.2 Å². The highest BCUT2D eigenvalue weighted by Crippen LogP contribution is 2.44. The van der Waals surface area contributed by atoms with Crippen LogP contribution in [-0.2, 0) is 14.3 Å². The third-order valence-electron chi connectivity index (χ3n) is 5.87. The Hall–Kier alpha value is -3.55. The summed E-state index contributed by atoms with van der Waals surface area (Å²) in [6, 6.07) is 14.3. The molecule has 0 saturated carbocycles. The molecule has 1 aliphatic carbocycles. The zero-order valence-electron chi connectivity index (χ0n) is 18.9. The lowest BCUT2D eigenvalue weighted by molar-refractivity contribution is -0.310. The van der Waals surface area contributed by atoms with Crippen LogP contribution in [0.4, 0.5) is 9.59 Å². The molecule has 33 heavy (non-hydrogen) atoms. The van der Waals surface area contributed by atoms with E-state index in [1.807, 2.05) is 36.4 Å². The second-order valence-corrected chi connectivity index (χ2v) is 9.37. The van der Waals surface area contributed by atoms with Gasteiger partial charge in [-0.15, -0.1) is 0 Å². The van der Waals surface area contributed by atoms with E-state index in [-0.39, 0.29) is 25.5 Å². The Morgan fingerprint density at radius 1 is 1.03 bits per heavy atom. The molecular weight excluding hydrogens is 424 g/mol. The molecule has 2 aromatic rings. The average Bonchev–Trinajstić information content (AvgIpc) is 3.31. The first-order chi connectivity index (χ1) is 15.6. The van der Waals surface area contributed by atoms with Gasteiger partial charge in [0.2, 0.25) is 0 Å². The van der Waals surface area contributed by atoms with E-state index in [1.54, 1.807) is 20.8 Å². The van der Waals surface area contributed by atoms with Gasteiger partial charge >= 0.3 is 12.2 Å². The fraction of sp³-hybridized carbons (Fsp3) is 0.400. The second-order valence-electron chi connectivity index (χ2n) is 9.37. The third kappa shape index (κ3) is 4.79. The number of nitrogens with zero attached hydrogens (tertiary/aromatic N) is 1. The van der Waals surface area contributed by atoms with E-state index in [9.17, 15) is 19.5 Å². The van der Waals surface area contributed by atoms with Gasteiger partial charge in [0.1, 0.15) is 12.2 Å². The number of aliphatic carboxylic acids is 1. The van der Waals surface area contributed by atoms with Crippen LogP contribution in [0.3, 0.4) is 0 Å². The molecule has 1 heterocycles. The van der Waals surface area contributed by atoms with Gasteiger partial charge in [-0.05, 0) is 49.4 Å². The normalized spacial score (nSPS) is 19.5. The Morgan fingerprint density at radius 3 is 2.15 bits per heavy atom. The van der Waals surface area contributed by atoms with Gasteiger partial charge in [-0.3, -0.25) is 4.90 Å². The Balaban J connectivity index is 1.39. The maximum absolute atomic E-state index is 12.5. The van der Waals surface area contributed by atoms with E-state index in [1.165, 1.54) is 0 Å². The van der Waals surface area contributed by atoms with Crippen LogP contribution in [0, 0.1) is 0 Å². The molecule has 2 aliphatic rings. The molecule has 0 aromatic heterocycles. The molecule has 0 spiro atoms. The van der Waals surface area contributed by atoms with E-state index < -0.39 is 35.8 Å². The van der Waals surface area contributed by atoms with E-state index in [2.05, 4.69) is 17.4 Å². The van der Waals surface area contributed by atoms with Crippen LogP contribution in [0.5, 0.6) is 0 Å². The van der Waals surface area contributed by atoms with Crippen molar-refractivity contribution in [1.29, 1.82) is 0 Å². The van der Waals surface area contributed by atoms with Crippen molar-refractivity contribution in [3.05, 3.63) is 59.7 Å². The predicted octanol–water partition coefficient (Wildman–Crippen LogP) is 2.65. The largest absolute Gasteiger partial charge is 0.548 e. The molecule has 0 radical (unpaired) electrons. The van der Waals surface area contributed by atoms with Gasteiger partial charge < -0.3 is 24.7 Å². The van der Waals surface area contributed by atoms with Crippen molar-refractivity contribution >= 4 is 18.2 Å². The molecule has 2 aromatic carbocycles. The summed E-state index contributed by atoms with van der Waals surface area (Å²) in [7, 11) is 0. The summed E-state index contributed by atoms with van der Waals surface area (Å²) in [5.41, 5.74) is 3.68. The van der Waals surface area contributed by atoms with Crippen LogP contribution in [0.15, 0.2) is 48.5 Å². The first-order valence-corrected chi connectivity index (χ1v) is 11.0. The minimum Gasteiger partial charge on any atom is -0.548 e. The number of likely N-dealkylation sites (tertiary alicyclic amines) is 1. The van der Waals surface area contributed by atoms with Crippen LogP contribution in [0.25, 0.3) is 11.1 Å². The molecule has 4 rings (SSSR count). The van der Waals surface area contributed by atoms with Crippen molar-refractivity contribution in [1.82, 2.24) is 10.2 Å². The minimum absolute atomic E-state index is 0.00223. The molecule has 0 bridgehead atoms. The standard InChI is InChI=1S/C25H28N2O6/c1-25(2,3)33-24(31)27-13-15(12-21(27)22(28)29)26-23(30)32-14-20-18-10-6-4-8-16(18)17-9-5-7-11-19(17)20/h4-11,15,20-21H,12-14H2,1-3H3,(H,26,30)(H,28,29)/p-1/t15-,21-/m0/s1. The zero-order chi connectivity index (χ0) is 23.8. The second kappa shape index (κ2) is 8.77. The molecule has 0 unspecified atom stereocenters. The Kier molecular flexibility index (Phi) is 6.01.